The lowest BCUT2D eigenvalue weighted by Crippen LogP contribution is -2.00. The van der Waals surface area contributed by atoms with E-state index in [9.17, 15) is 0 Å². The second kappa shape index (κ2) is 12.7. The largest absolute Gasteiger partial charge is 0.456 e. The highest BCUT2D eigenvalue weighted by molar-refractivity contribution is 7.27. The van der Waals surface area contributed by atoms with Gasteiger partial charge in [0.05, 0.1) is 10.2 Å². The van der Waals surface area contributed by atoms with Gasteiger partial charge in [0.15, 0.2) is 17.5 Å². The van der Waals surface area contributed by atoms with Gasteiger partial charge in [-0.15, -0.1) is 22.7 Å². The van der Waals surface area contributed by atoms with E-state index in [0.717, 1.165) is 64.6 Å². The number of furan rings is 1. The van der Waals surface area contributed by atoms with Gasteiger partial charge in [0.2, 0.25) is 0 Å². The highest BCUT2D eigenvalue weighted by atomic mass is 32.1. The van der Waals surface area contributed by atoms with E-state index in [0.29, 0.717) is 17.5 Å². The van der Waals surface area contributed by atoms with Gasteiger partial charge in [-0.3, -0.25) is 0 Å². The average Bonchev–Trinajstić information content (AvgIpc) is 3.99. The van der Waals surface area contributed by atoms with E-state index in [4.69, 9.17) is 24.4 Å². The van der Waals surface area contributed by atoms with Crippen molar-refractivity contribution in [1.82, 2.24) is 19.9 Å². The molecule has 8 aromatic carbocycles. The Hall–Kier alpha value is -7.06. The van der Waals surface area contributed by atoms with Crippen LogP contribution in [0.1, 0.15) is 0 Å². The van der Waals surface area contributed by atoms with Crippen molar-refractivity contribution in [2.75, 3.05) is 0 Å². The van der Waals surface area contributed by atoms with Crippen LogP contribution in [0.25, 0.3) is 119 Å². The molecule has 4 aromatic heterocycles. The molecular weight excluding hydrogens is 737 g/mol. The van der Waals surface area contributed by atoms with Crippen molar-refractivity contribution in [3.8, 4) is 55.9 Å². The number of hydrogen-bond acceptors (Lipinski definition) is 7. The molecule has 57 heavy (non-hydrogen) atoms. The monoisotopic (exact) mass is 764 g/mol. The number of rotatable bonds is 5. The first-order chi connectivity index (χ1) is 28.2. The van der Waals surface area contributed by atoms with E-state index in [-0.39, 0.29) is 0 Å². The van der Waals surface area contributed by atoms with Crippen LogP contribution < -0.4 is 0 Å². The molecule has 0 aliphatic rings. The van der Waals surface area contributed by atoms with Crippen LogP contribution >= 0.6 is 22.7 Å². The Morgan fingerprint density at radius 3 is 1.84 bits per heavy atom. The lowest BCUT2D eigenvalue weighted by Gasteiger charge is -2.10. The van der Waals surface area contributed by atoms with Crippen molar-refractivity contribution in [3.05, 3.63) is 170 Å². The second-order valence-corrected chi connectivity index (χ2v) is 16.3. The number of thiophene rings is 1. The molecule has 0 fully saturated rings. The summed E-state index contributed by atoms with van der Waals surface area (Å²) in [4.78, 5) is 20.3. The van der Waals surface area contributed by atoms with Gasteiger partial charge in [0.1, 0.15) is 16.2 Å². The van der Waals surface area contributed by atoms with Gasteiger partial charge in [-0.2, -0.15) is 0 Å². The molecule has 12 rings (SSSR count). The SMILES string of the molecule is c1ccc(-c2ccc3cc(-c4nc(-c5ccccc5)nc(-c5ccc6c(c5)oc5ccc7nc(-c8cccc9c8sc8ccccc89)sc7c56)n4)ccc3c2)cc1. The molecule has 0 bridgehead atoms. The Morgan fingerprint density at radius 1 is 0.386 bits per heavy atom. The molecule has 7 heteroatoms. The quantitative estimate of drug-likeness (QED) is 0.175. The van der Waals surface area contributed by atoms with Crippen LogP contribution in [0.3, 0.4) is 0 Å². The maximum Gasteiger partial charge on any atom is 0.164 e. The molecule has 0 unspecified atom stereocenters. The Labute approximate surface area is 334 Å². The Balaban J connectivity index is 0.969. The maximum absolute atomic E-state index is 6.58. The number of thiazole rings is 1. The first-order valence-corrected chi connectivity index (χ1v) is 20.4. The van der Waals surface area contributed by atoms with Gasteiger partial charge in [-0.25, -0.2) is 19.9 Å². The number of benzene rings is 8. The fourth-order valence-corrected chi connectivity index (χ4v) is 10.4. The predicted octanol–water partition coefficient (Wildman–Crippen LogP) is 14.2. The van der Waals surface area contributed by atoms with Gasteiger partial charge in [-0.1, -0.05) is 127 Å². The standard InChI is InChI=1S/C50H28N4OS2/c1-3-10-29(11-4-1)31-18-19-33-27-34(21-20-32(33)26-31)48-52-47(30-12-5-2-6-13-30)53-49(54-48)35-22-23-38-42(28-35)55-41-25-24-40-46(44(38)41)57-50(51-40)39-16-9-15-37-36-14-7-8-17-43(36)56-45(37)39/h1-28H. The molecule has 5 nitrogen and oxygen atoms in total. The van der Waals surface area contributed by atoms with Crippen LogP contribution in [0.15, 0.2) is 174 Å². The lowest BCUT2D eigenvalue weighted by molar-refractivity contribution is 0.669. The Bertz CT molecular complexity index is 3530. The fraction of sp³-hybridized carbons (Fsp3) is 0. The molecule has 0 spiro atoms. The summed E-state index contributed by atoms with van der Waals surface area (Å²) in [5, 5.41) is 7.97. The molecule has 0 N–H and O–H groups in total. The zero-order valence-electron chi connectivity index (χ0n) is 30.2. The Kier molecular flexibility index (Phi) is 7.20. The smallest absolute Gasteiger partial charge is 0.164 e. The normalized spacial score (nSPS) is 11.9. The summed E-state index contributed by atoms with van der Waals surface area (Å²) >= 11 is 3.56. The maximum atomic E-state index is 6.58. The van der Waals surface area contributed by atoms with E-state index in [1.165, 1.54) is 36.9 Å². The highest BCUT2D eigenvalue weighted by Crippen LogP contribution is 2.45. The van der Waals surface area contributed by atoms with Crippen LogP contribution in [0.5, 0.6) is 0 Å². The van der Waals surface area contributed by atoms with Gasteiger partial charge in [0.25, 0.3) is 0 Å². The molecule has 4 heterocycles. The molecular formula is C50H28N4OS2. The van der Waals surface area contributed by atoms with Gasteiger partial charge in [0, 0.05) is 53.2 Å². The number of aromatic nitrogens is 4. The fourth-order valence-electron chi connectivity index (χ4n) is 7.96. The molecule has 0 saturated heterocycles. The van der Waals surface area contributed by atoms with Crippen molar-refractivity contribution in [2.24, 2.45) is 0 Å². The first kappa shape index (κ1) is 32.2. The summed E-state index contributed by atoms with van der Waals surface area (Å²) in [6.45, 7) is 0. The van der Waals surface area contributed by atoms with Crippen molar-refractivity contribution in [1.29, 1.82) is 0 Å². The summed E-state index contributed by atoms with van der Waals surface area (Å²) in [7, 11) is 0. The van der Waals surface area contributed by atoms with E-state index >= 15 is 0 Å². The third-order valence-electron chi connectivity index (χ3n) is 10.8. The van der Waals surface area contributed by atoms with E-state index in [2.05, 4.69) is 127 Å². The zero-order chi connectivity index (χ0) is 37.5. The van der Waals surface area contributed by atoms with Crippen molar-refractivity contribution < 1.29 is 4.42 Å². The minimum Gasteiger partial charge on any atom is -0.456 e. The summed E-state index contributed by atoms with van der Waals surface area (Å²) in [5.74, 6) is 1.82. The zero-order valence-corrected chi connectivity index (χ0v) is 31.8. The van der Waals surface area contributed by atoms with Crippen LogP contribution in [0.4, 0.5) is 0 Å². The topological polar surface area (TPSA) is 64.7 Å². The molecule has 266 valence electrons. The predicted molar refractivity (Wildman–Crippen MR) is 238 cm³/mol. The van der Waals surface area contributed by atoms with Crippen molar-refractivity contribution >= 4 is 85.8 Å². The lowest BCUT2D eigenvalue weighted by atomic mass is 10.00. The number of fused-ring (bicyclic) bond motifs is 9. The minimum atomic E-state index is 0.586. The average molecular weight is 765 g/mol. The number of nitrogens with zero attached hydrogens (tertiary/aromatic N) is 4. The summed E-state index contributed by atoms with van der Waals surface area (Å²) in [6, 6.07) is 59.1. The van der Waals surface area contributed by atoms with Crippen LogP contribution in [0, 0.1) is 0 Å². The highest BCUT2D eigenvalue weighted by Gasteiger charge is 2.19. The number of hydrogen-bond donors (Lipinski definition) is 0. The third kappa shape index (κ3) is 5.35. The van der Waals surface area contributed by atoms with Crippen molar-refractivity contribution in [3.63, 3.8) is 0 Å². The summed E-state index contributed by atoms with van der Waals surface area (Å²) in [6.07, 6.45) is 0. The summed E-state index contributed by atoms with van der Waals surface area (Å²) in [5.41, 5.74) is 8.83. The molecule has 0 radical (unpaired) electrons. The van der Waals surface area contributed by atoms with E-state index in [1.807, 2.05) is 53.8 Å². The molecule has 0 amide bonds. The molecule has 0 atom stereocenters. The Morgan fingerprint density at radius 2 is 1.04 bits per heavy atom. The van der Waals surface area contributed by atoms with Crippen LogP contribution in [-0.2, 0) is 0 Å². The first-order valence-electron chi connectivity index (χ1n) is 18.8. The van der Waals surface area contributed by atoms with Gasteiger partial charge < -0.3 is 4.42 Å². The van der Waals surface area contributed by atoms with E-state index < -0.39 is 0 Å². The third-order valence-corrected chi connectivity index (χ3v) is 13.1. The van der Waals surface area contributed by atoms with Gasteiger partial charge in [-0.05, 0) is 64.4 Å². The molecule has 12 aromatic rings. The van der Waals surface area contributed by atoms with Crippen molar-refractivity contribution in [2.45, 2.75) is 0 Å². The molecule has 0 aliphatic carbocycles. The second-order valence-electron chi connectivity index (χ2n) is 14.2. The minimum absolute atomic E-state index is 0.586. The van der Waals surface area contributed by atoms with Gasteiger partial charge >= 0.3 is 0 Å². The molecule has 0 saturated carbocycles. The summed E-state index contributed by atoms with van der Waals surface area (Å²) < 4.78 is 10.3. The van der Waals surface area contributed by atoms with Crippen LogP contribution in [0.2, 0.25) is 0 Å². The molecule has 0 aliphatic heterocycles. The van der Waals surface area contributed by atoms with Crippen LogP contribution in [-0.4, -0.2) is 19.9 Å². The van der Waals surface area contributed by atoms with E-state index in [1.54, 1.807) is 11.3 Å².